The summed E-state index contributed by atoms with van der Waals surface area (Å²) in [5, 5.41) is 15.0. The monoisotopic (exact) mass is 275 g/mol. The summed E-state index contributed by atoms with van der Waals surface area (Å²) in [7, 11) is 0. The Hall–Kier alpha value is -1.13. The van der Waals surface area contributed by atoms with Crippen molar-refractivity contribution in [3.05, 3.63) is 24.0 Å². The number of rotatable bonds is 3. The van der Waals surface area contributed by atoms with E-state index in [9.17, 15) is 5.11 Å². The lowest BCUT2D eigenvalue weighted by molar-refractivity contribution is -0.0968. The summed E-state index contributed by atoms with van der Waals surface area (Å²) in [6.45, 7) is 8.81. The Morgan fingerprint density at radius 3 is 3.10 bits per heavy atom. The average Bonchev–Trinajstić information content (AvgIpc) is 2.80. The van der Waals surface area contributed by atoms with Gasteiger partial charge in [-0.15, -0.1) is 0 Å². The number of hydrogen-bond acceptors (Lipinski definition) is 3. The van der Waals surface area contributed by atoms with Gasteiger partial charge in [0.15, 0.2) is 0 Å². The highest BCUT2D eigenvalue weighted by Crippen LogP contribution is 2.40. The molecule has 2 fully saturated rings. The Morgan fingerprint density at radius 2 is 2.35 bits per heavy atom. The summed E-state index contributed by atoms with van der Waals surface area (Å²) in [4.78, 5) is 2.47. The van der Waals surface area contributed by atoms with Crippen LogP contribution in [0, 0.1) is 12.8 Å². The molecule has 4 heteroatoms. The maximum Gasteiger partial charge on any atom is 0.0700 e. The minimum atomic E-state index is -0.380. The maximum atomic E-state index is 10.7. The van der Waals surface area contributed by atoms with Gasteiger partial charge < -0.3 is 5.11 Å². The van der Waals surface area contributed by atoms with E-state index < -0.39 is 0 Å². The van der Waals surface area contributed by atoms with E-state index >= 15 is 0 Å². The maximum absolute atomic E-state index is 10.7. The molecule has 1 aromatic heterocycles. The molecule has 1 saturated heterocycles. The zero-order valence-corrected chi connectivity index (χ0v) is 12.4. The van der Waals surface area contributed by atoms with Gasteiger partial charge in [0.05, 0.1) is 11.8 Å². The first-order chi connectivity index (χ1) is 9.62. The van der Waals surface area contributed by atoms with Crippen LogP contribution in [0.3, 0.4) is 0 Å². The first-order valence-corrected chi connectivity index (χ1v) is 7.73. The van der Waals surface area contributed by atoms with Crippen molar-refractivity contribution in [1.82, 2.24) is 14.7 Å². The fourth-order valence-corrected chi connectivity index (χ4v) is 3.82. The third-order valence-corrected chi connectivity index (χ3v) is 5.22. The largest absolute Gasteiger partial charge is 0.390 e. The molecule has 1 aliphatic carbocycles. The summed E-state index contributed by atoms with van der Waals surface area (Å²) >= 11 is 0. The van der Waals surface area contributed by atoms with E-state index in [0.29, 0.717) is 5.92 Å². The van der Waals surface area contributed by atoms with Gasteiger partial charge in [0, 0.05) is 43.0 Å². The van der Waals surface area contributed by atoms with E-state index in [0.717, 1.165) is 32.5 Å². The molecular weight excluding hydrogens is 250 g/mol. The van der Waals surface area contributed by atoms with Crippen LogP contribution in [0.2, 0.25) is 0 Å². The highest BCUT2D eigenvalue weighted by Gasteiger charge is 2.42. The van der Waals surface area contributed by atoms with Crippen molar-refractivity contribution in [1.29, 1.82) is 0 Å². The van der Waals surface area contributed by atoms with Gasteiger partial charge >= 0.3 is 0 Å². The predicted octanol–water partition coefficient (Wildman–Crippen LogP) is 2.42. The lowest BCUT2D eigenvalue weighted by Gasteiger charge is -2.47. The molecule has 0 amide bonds. The van der Waals surface area contributed by atoms with Gasteiger partial charge in [-0.25, -0.2) is 4.68 Å². The van der Waals surface area contributed by atoms with Crippen LogP contribution in [-0.4, -0.2) is 38.5 Å². The standard InChI is InChI=1S/C16H25N3O/c1-3-19-13(2)14(10-17-19)11-18-9-8-16(20)7-5-4-6-15(16)12-18/h3,10,15,20H,1,4-9,11-12H2,2H3. The van der Waals surface area contributed by atoms with Gasteiger partial charge in [0.1, 0.15) is 0 Å². The molecule has 3 rings (SSSR count). The van der Waals surface area contributed by atoms with Crippen molar-refractivity contribution in [2.75, 3.05) is 13.1 Å². The van der Waals surface area contributed by atoms with E-state index in [2.05, 4.69) is 23.5 Å². The molecule has 2 atom stereocenters. The van der Waals surface area contributed by atoms with Crippen molar-refractivity contribution in [3.63, 3.8) is 0 Å². The minimum Gasteiger partial charge on any atom is -0.390 e. The number of aliphatic hydroxyl groups is 1. The van der Waals surface area contributed by atoms with Gasteiger partial charge in [-0.1, -0.05) is 19.4 Å². The fraction of sp³-hybridized carbons (Fsp3) is 0.688. The Labute approximate surface area is 121 Å². The first-order valence-electron chi connectivity index (χ1n) is 7.73. The third kappa shape index (κ3) is 2.42. The molecule has 0 bridgehead atoms. The van der Waals surface area contributed by atoms with Gasteiger partial charge in [0.2, 0.25) is 0 Å². The lowest BCUT2D eigenvalue weighted by Crippen LogP contribution is -2.52. The van der Waals surface area contributed by atoms with Gasteiger partial charge in [-0.05, 0) is 26.2 Å². The van der Waals surface area contributed by atoms with Gasteiger partial charge in [0.25, 0.3) is 0 Å². The van der Waals surface area contributed by atoms with Crippen LogP contribution >= 0.6 is 0 Å². The molecule has 1 saturated carbocycles. The molecule has 2 heterocycles. The zero-order chi connectivity index (χ0) is 14.2. The van der Waals surface area contributed by atoms with Gasteiger partial charge in [-0.3, -0.25) is 4.90 Å². The molecule has 110 valence electrons. The van der Waals surface area contributed by atoms with E-state index in [1.54, 1.807) is 6.20 Å². The lowest BCUT2D eigenvalue weighted by atomic mass is 9.71. The van der Waals surface area contributed by atoms with Crippen molar-refractivity contribution < 1.29 is 5.11 Å². The second-order valence-electron chi connectivity index (χ2n) is 6.41. The van der Waals surface area contributed by atoms with Crippen LogP contribution in [0.15, 0.2) is 12.8 Å². The number of hydrogen-bond donors (Lipinski definition) is 1. The molecule has 2 aliphatic rings. The predicted molar refractivity (Wildman–Crippen MR) is 80.2 cm³/mol. The SMILES string of the molecule is C=Cn1ncc(CN2CCC3(O)CCCCC3C2)c1C. The molecule has 0 aromatic carbocycles. The first kappa shape index (κ1) is 13.8. The summed E-state index contributed by atoms with van der Waals surface area (Å²) in [5.74, 6) is 0.458. The van der Waals surface area contributed by atoms with Crippen molar-refractivity contribution >= 4 is 6.20 Å². The normalized spacial score (nSPS) is 31.0. The quantitative estimate of drug-likeness (QED) is 0.921. The molecule has 1 aromatic rings. The molecule has 1 aliphatic heterocycles. The summed E-state index contributed by atoms with van der Waals surface area (Å²) in [6.07, 6.45) is 9.25. The second-order valence-corrected chi connectivity index (χ2v) is 6.41. The highest BCUT2D eigenvalue weighted by molar-refractivity contribution is 5.26. The molecule has 1 N–H and O–H groups in total. The van der Waals surface area contributed by atoms with Crippen LogP contribution in [-0.2, 0) is 6.54 Å². The minimum absolute atomic E-state index is 0.380. The fourth-order valence-electron chi connectivity index (χ4n) is 3.82. The average molecular weight is 275 g/mol. The summed E-state index contributed by atoms with van der Waals surface area (Å²) < 4.78 is 1.83. The van der Waals surface area contributed by atoms with Gasteiger partial charge in [-0.2, -0.15) is 5.10 Å². The molecule has 20 heavy (non-hydrogen) atoms. The smallest absolute Gasteiger partial charge is 0.0700 e. The van der Waals surface area contributed by atoms with E-state index in [-0.39, 0.29) is 5.60 Å². The Kier molecular flexibility index (Phi) is 3.69. The Morgan fingerprint density at radius 1 is 1.50 bits per heavy atom. The van der Waals surface area contributed by atoms with E-state index in [1.165, 1.54) is 30.5 Å². The summed E-state index contributed by atoms with van der Waals surface area (Å²) in [6, 6.07) is 0. The number of piperidine rings is 1. The molecule has 2 unspecified atom stereocenters. The molecule has 4 nitrogen and oxygen atoms in total. The molecular formula is C16H25N3O. The molecule has 0 radical (unpaired) electrons. The number of aromatic nitrogens is 2. The van der Waals surface area contributed by atoms with E-state index in [1.807, 2.05) is 10.9 Å². The van der Waals surface area contributed by atoms with Crippen LogP contribution in [0.25, 0.3) is 6.20 Å². The Balaban J connectivity index is 1.67. The number of likely N-dealkylation sites (tertiary alicyclic amines) is 1. The Bertz CT molecular complexity index is 496. The summed E-state index contributed by atoms with van der Waals surface area (Å²) in [5.41, 5.74) is 2.06. The van der Waals surface area contributed by atoms with Crippen LogP contribution in [0.1, 0.15) is 43.4 Å². The number of nitrogens with zero attached hydrogens (tertiary/aromatic N) is 3. The third-order valence-electron chi connectivity index (χ3n) is 5.22. The van der Waals surface area contributed by atoms with Crippen LogP contribution < -0.4 is 0 Å². The molecule has 0 spiro atoms. The van der Waals surface area contributed by atoms with Crippen LogP contribution in [0.4, 0.5) is 0 Å². The van der Waals surface area contributed by atoms with Crippen molar-refractivity contribution in [3.8, 4) is 0 Å². The van der Waals surface area contributed by atoms with E-state index in [4.69, 9.17) is 0 Å². The second kappa shape index (κ2) is 5.34. The van der Waals surface area contributed by atoms with Crippen molar-refractivity contribution in [2.24, 2.45) is 5.92 Å². The zero-order valence-electron chi connectivity index (χ0n) is 12.4. The highest BCUT2D eigenvalue weighted by atomic mass is 16.3. The van der Waals surface area contributed by atoms with Crippen LogP contribution in [0.5, 0.6) is 0 Å². The van der Waals surface area contributed by atoms with Crippen molar-refractivity contribution in [2.45, 2.75) is 51.2 Å². The topological polar surface area (TPSA) is 41.3 Å². The number of fused-ring (bicyclic) bond motifs is 1.